The molecule has 0 unspecified atom stereocenters. The van der Waals surface area contributed by atoms with Gasteiger partial charge in [0.1, 0.15) is 5.75 Å². The second kappa shape index (κ2) is 7.99. The van der Waals surface area contributed by atoms with Crippen LogP contribution in [0.25, 0.3) is 22.9 Å². The summed E-state index contributed by atoms with van der Waals surface area (Å²) in [7, 11) is 3.61. The van der Waals surface area contributed by atoms with Crippen molar-refractivity contribution in [2.24, 2.45) is 0 Å². The zero-order valence-electron chi connectivity index (χ0n) is 17.0. The number of likely N-dealkylation sites (tertiary alicyclic amines) is 1. The third-order valence-electron chi connectivity index (χ3n) is 5.28. The molecule has 1 saturated heterocycles. The summed E-state index contributed by atoms with van der Waals surface area (Å²) in [6.07, 6.45) is 6.40. The molecule has 0 saturated carbocycles. The van der Waals surface area contributed by atoms with Crippen molar-refractivity contribution in [1.82, 2.24) is 14.5 Å². The van der Waals surface area contributed by atoms with Crippen LogP contribution < -0.4 is 4.74 Å². The van der Waals surface area contributed by atoms with E-state index in [1.54, 1.807) is 24.1 Å². The lowest BCUT2D eigenvalue weighted by Gasteiger charge is -2.16. The van der Waals surface area contributed by atoms with Crippen molar-refractivity contribution >= 4 is 6.08 Å². The predicted molar refractivity (Wildman–Crippen MR) is 110 cm³/mol. The molecule has 30 heavy (non-hydrogen) atoms. The number of ether oxygens (including phenoxy) is 1. The molecule has 1 aliphatic rings. The summed E-state index contributed by atoms with van der Waals surface area (Å²) >= 11 is 0. The molecule has 0 N–H and O–H groups in total. The van der Waals surface area contributed by atoms with Crippen LogP contribution in [0.4, 0.5) is 13.2 Å². The number of nitrogens with zero attached hydrogens (tertiary/aromatic N) is 3. The Morgan fingerprint density at radius 3 is 2.40 bits per heavy atom. The Hall–Kier alpha value is -3.06. The van der Waals surface area contributed by atoms with E-state index in [1.807, 2.05) is 32.3 Å². The van der Waals surface area contributed by atoms with Crippen molar-refractivity contribution in [2.75, 3.05) is 27.2 Å². The van der Waals surface area contributed by atoms with E-state index >= 15 is 0 Å². The third-order valence-corrected chi connectivity index (χ3v) is 5.28. The Morgan fingerprint density at radius 1 is 1.10 bits per heavy atom. The van der Waals surface area contributed by atoms with Gasteiger partial charge in [-0.1, -0.05) is 11.6 Å². The van der Waals surface area contributed by atoms with Crippen LogP contribution >= 0.6 is 0 Å². The molecule has 4 nitrogen and oxygen atoms in total. The number of aromatic nitrogens is 2. The second-order valence-electron chi connectivity index (χ2n) is 7.58. The van der Waals surface area contributed by atoms with Crippen molar-refractivity contribution in [2.45, 2.75) is 13.3 Å². The average Bonchev–Trinajstić information content (AvgIpc) is 3.33. The van der Waals surface area contributed by atoms with E-state index in [0.717, 1.165) is 42.9 Å². The van der Waals surface area contributed by atoms with Gasteiger partial charge in [0.2, 0.25) is 0 Å². The molecule has 0 spiro atoms. The van der Waals surface area contributed by atoms with Crippen LogP contribution in [0.15, 0.2) is 42.4 Å². The number of hydrogen-bond donors (Lipinski definition) is 0. The lowest BCUT2D eigenvalue weighted by molar-refractivity contribution is 0.413. The molecule has 4 rings (SSSR count). The van der Waals surface area contributed by atoms with Gasteiger partial charge < -0.3 is 14.2 Å². The molecule has 0 aliphatic carbocycles. The Morgan fingerprint density at radius 2 is 1.83 bits per heavy atom. The van der Waals surface area contributed by atoms with E-state index in [9.17, 15) is 13.2 Å². The van der Waals surface area contributed by atoms with Crippen molar-refractivity contribution in [3.05, 3.63) is 71.1 Å². The van der Waals surface area contributed by atoms with Crippen LogP contribution in [0.3, 0.4) is 0 Å². The first-order chi connectivity index (χ1) is 14.4. The molecular formula is C23H22F3N3O. The monoisotopic (exact) mass is 413 g/mol. The van der Waals surface area contributed by atoms with Gasteiger partial charge in [0.05, 0.1) is 24.8 Å². The SMILES string of the molecule is COc1cc(C=C2CCN(C)C2)c(-c2cc(F)c(F)c(F)c2)cc1-n1cnc(C)c1. The van der Waals surface area contributed by atoms with E-state index in [-0.39, 0.29) is 5.56 Å². The van der Waals surface area contributed by atoms with Crippen LogP contribution in [0.2, 0.25) is 0 Å². The molecule has 1 fully saturated rings. The standard InChI is InChI=1S/C23H22F3N3O/c1-14-11-29(13-27-14)21-10-18(17-7-19(24)23(26)20(25)8-17)16(9-22(21)30-3)6-15-4-5-28(2)12-15/h6-11,13H,4-5,12H2,1-3H3. The minimum atomic E-state index is -1.48. The fraction of sp³-hybridized carbons (Fsp3) is 0.261. The highest BCUT2D eigenvalue weighted by Crippen LogP contribution is 2.36. The molecule has 2 heterocycles. The zero-order chi connectivity index (χ0) is 21.4. The number of aryl methyl sites for hydroxylation is 1. The summed E-state index contributed by atoms with van der Waals surface area (Å²) in [5, 5.41) is 0. The van der Waals surface area contributed by atoms with Gasteiger partial charge in [-0.05, 0) is 61.3 Å². The maximum absolute atomic E-state index is 14.0. The summed E-state index contributed by atoms with van der Waals surface area (Å²) in [6, 6.07) is 5.67. The Labute approximate surface area is 173 Å². The highest BCUT2D eigenvalue weighted by Gasteiger charge is 2.19. The van der Waals surface area contributed by atoms with E-state index in [2.05, 4.69) is 9.88 Å². The van der Waals surface area contributed by atoms with E-state index in [1.165, 1.54) is 5.57 Å². The topological polar surface area (TPSA) is 30.3 Å². The van der Waals surface area contributed by atoms with Crippen LogP contribution in [0.1, 0.15) is 17.7 Å². The van der Waals surface area contributed by atoms with Crippen LogP contribution in [0, 0.1) is 24.4 Å². The number of rotatable bonds is 4. The number of imidazole rings is 1. The largest absolute Gasteiger partial charge is 0.495 e. The van der Waals surface area contributed by atoms with Gasteiger partial charge >= 0.3 is 0 Å². The number of halogens is 3. The highest BCUT2D eigenvalue weighted by atomic mass is 19.2. The summed E-state index contributed by atoms with van der Waals surface area (Å²) in [5.41, 5.74) is 4.28. The van der Waals surface area contributed by atoms with Gasteiger partial charge in [0.15, 0.2) is 17.5 Å². The van der Waals surface area contributed by atoms with Crippen molar-refractivity contribution in [1.29, 1.82) is 0 Å². The van der Waals surface area contributed by atoms with E-state index in [0.29, 0.717) is 17.0 Å². The van der Waals surface area contributed by atoms with Crippen LogP contribution in [-0.4, -0.2) is 41.7 Å². The molecule has 3 aromatic rings. The van der Waals surface area contributed by atoms with Crippen molar-refractivity contribution < 1.29 is 17.9 Å². The summed E-state index contributed by atoms with van der Waals surface area (Å²) in [6.45, 7) is 3.63. The number of methoxy groups -OCH3 is 1. The molecular weight excluding hydrogens is 391 g/mol. The molecule has 1 aromatic heterocycles. The van der Waals surface area contributed by atoms with E-state index in [4.69, 9.17) is 4.74 Å². The number of hydrogen-bond acceptors (Lipinski definition) is 3. The molecule has 0 radical (unpaired) electrons. The molecule has 0 bridgehead atoms. The van der Waals surface area contributed by atoms with Crippen molar-refractivity contribution in [3.63, 3.8) is 0 Å². The van der Waals surface area contributed by atoms with Gasteiger partial charge in [-0.2, -0.15) is 0 Å². The Kier molecular flexibility index (Phi) is 5.39. The quantitative estimate of drug-likeness (QED) is 0.565. The lowest BCUT2D eigenvalue weighted by atomic mass is 9.96. The first kappa shape index (κ1) is 20.2. The minimum Gasteiger partial charge on any atom is -0.495 e. The smallest absolute Gasteiger partial charge is 0.194 e. The summed E-state index contributed by atoms with van der Waals surface area (Å²) in [4.78, 5) is 6.44. The maximum Gasteiger partial charge on any atom is 0.194 e. The molecule has 1 aliphatic heterocycles. The number of likely N-dealkylation sites (N-methyl/N-ethyl adjacent to an activating group) is 1. The van der Waals surface area contributed by atoms with Gasteiger partial charge in [-0.3, -0.25) is 0 Å². The fourth-order valence-corrected chi connectivity index (χ4v) is 3.76. The van der Waals surface area contributed by atoms with Gasteiger partial charge in [-0.25, -0.2) is 18.2 Å². The first-order valence-electron chi connectivity index (χ1n) is 9.61. The average molecular weight is 413 g/mol. The summed E-state index contributed by atoms with van der Waals surface area (Å²) < 4.78 is 49.0. The third kappa shape index (κ3) is 3.85. The fourth-order valence-electron chi connectivity index (χ4n) is 3.76. The lowest BCUT2D eigenvalue weighted by Crippen LogP contribution is -2.11. The normalized spacial score (nSPS) is 15.9. The second-order valence-corrected chi connectivity index (χ2v) is 7.58. The molecule has 7 heteroatoms. The van der Waals surface area contributed by atoms with Gasteiger partial charge in [-0.15, -0.1) is 0 Å². The number of benzene rings is 2. The molecule has 2 aromatic carbocycles. The van der Waals surface area contributed by atoms with Crippen molar-refractivity contribution in [3.8, 4) is 22.6 Å². The molecule has 0 atom stereocenters. The maximum atomic E-state index is 14.0. The molecule has 156 valence electrons. The Balaban J connectivity index is 1.94. The molecule has 0 amide bonds. The minimum absolute atomic E-state index is 0.255. The highest BCUT2D eigenvalue weighted by molar-refractivity contribution is 5.80. The van der Waals surface area contributed by atoms with E-state index < -0.39 is 17.5 Å². The zero-order valence-corrected chi connectivity index (χ0v) is 17.0. The first-order valence-corrected chi connectivity index (χ1v) is 9.61. The van der Waals surface area contributed by atoms with Crippen LogP contribution in [0.5, 0.6) is 5.75 Å². The Bertz CT molecular complexity index is 1110. The van der Waals surface area contributed by atoms with Gasteiger partial charge in [0.25, 0.3) is 0 Å². The van der Waals surface area contributed by atoms with Crippen LogP contribution in [-0.2, 0) is 0 Å². The summed E-state index contributed by atoms with van der Waals surface area (Å²) in [5.74, 6) is -3.33. The van der Waals surface area contributed by atoms with Gasteiger partial charge in [0, 0.05) is 19.3 Å². The predicted octanol–water partition coefficient (Wildman–Crippen LogP) is 4.99.